The highest BCUT2D eigenvalue weighted by Gasteiger charge is 2.15. The second-order valence-corrected chi connectivity index (χ2v) is 5.00. The molecule has 3 heteroatoms. The van der Waals surface area contributed by atoms with E-state index >= 15 is 0 Å². The first kappa shape index (κ1) is 11.3. The minimum atomic E-state index is 0.587. The minimum absolute atomic E-state index is 0.587. The van der Waals surface area contributed by atoms with Crippen molar-refractivity contribution in [1.29, 1.82) is 5.26 Å². The Kier molecular flexibility index (Phi) is 3.04. The molecule has 1 fully saturated rings. The number of hydrogen-bond donors (Lipinski definition) is 2. The van der Waals surface area contributed by atoms with Crippen LogP contribution in [0.2, 0.25) is 0 Å². The number of aromatic amines is 1. The van der Waals surface area contributed by atoms with Crippen molar-refractivity contribution in [2.24, 2.45) is 0 Å². The van der Waals surface area contributed by atoms with E-state index in [2.05, 4.69) is 28.6 Å². The summed E-state index contributed by atoms with van der Waals surface area (Å²) in [6.45, 7) is 1.14. The van der Waals surface area contributed by atoms with E-state index in [4.69, 9.17) is 5.26 Å². The lowest BCUT2D eigenvalue weighted by atomic mass is 9.97. The number of nitrogens with one attached hydrogen (secondary N) is 2. The number of nitrogens with zero attached hydrogens (tertiary/aromatic N) is 1. The van der Waals surface area contributed by atoms with E-state index in [0.29, 0.717) is 6.04 Å². The van der Waals surface area contributed by atoms with Gasteiger partial charge in [0, 0.05) is 17.6 Å². The second kappa shape index (κ2) is 4.83. The molecule has 1 aromatic heterocycles. The summed E-state index contributed by atoms with van der Waals surface area (Å²) in [5.74, 6) is 0. The summed E-state index contributed by atoms with van der Waals surface area (Å²) in [6.07, 6.45) is 6.98. The maximum Gasteiger partial charge on any atom is 0.101 e. The molecule has 0 unspecified atom stereocenters. The van der Waals surface area contributed by atoms with Crippen LogP contribution in [0.5, 0.6) is 0 Å². The number of aromatic nitrogens is 1. The van der Waals surface area contributed by atoms with E-state index in [1.165, 1.54) is 30.2 Å². The van der Waals surface area contributed by atoms with Crippen LogP contribution in [0, 0.1) is 11.3 Å². The zero-order valence-corrected chi connectivity index (χ0v) is 10.4. The van der Waals surface area contributed by atoms with E-state index in [1.807, 2.05) is 12.1 Å². The fourth-order valence-electron chi connectivity index (χ4n) is 2.84. The zero-order chi connectivity index (χ0) is 12.4. The molecule has 1 atom stereocenters. The highest BCUT2D eigenvalue weighted by molar-refractivity contribution is 5.87. The number of rotatable bonds is 2. The van der Waals surface area contributed by atoms with Crippen molar-refractivity contribution in [3.63, 3.8) is 0 Å². The van der Waals surface area contributed by atoms with Crippen molar-refractivity contribution in [2.75, 3.05) is 6.54 Å². The van der Waals surface area contributed by atoms with E-state index in [-0.39, 0.29) is 0 Å². The van der Waals surface area contributed by atoms with E-state index in [1.54, 1.807) is 0 Å². The van der Waals surface area contributed by atoms with Gasteiger partial charge in [-0.2, -0.15) is 5.26 Å². The van der Waals surface area contributed by atoms with Crippen LogP contribution in [-0.4, -0.2) is 17.6 Å². The third-order valence-corrected chi connectivity index (χ3v) is 3.80. The summed E-state index contributed by atoms with van der Waals surface area (Å²) in [5.41, 5.74) is 3.03. The van der Waals surface area contributed by atoms with Crippen LogP contribution in [0.15, 0.2) is 24.4 Å². The average Bonchev–Trinajstić information content (AvgIpc) is 2.83. The molecule has 0 spiro atoms. The van der Waals surface area contributed by atoms with Crippen LogP contribution < -0.4 is 5.32 Å². The summed E-state index contributed by atoms with van der Waals surface area (Å²) in [5, 5.41) is 13.9. The van der Waals surface area contributed by atoms with E-state index in [0.717, 1.165) is 24.0 Å². The average molecular weight is 239 g/mol. The fraction of sp³-hybridized carbons (Fsp3) is 0.400. The number of para-hydroxylation sites is 1. The molecule has 18 heavy (non-hydrogen) atoms. The number of hydrogen-bond acceptors (Lipinski definition) is 2. The number of benzene rings is 1. The fourth-order valence-corrected chi connectivity index (χ4v) is 2.84. The summed E-state index contributed by atoms with van der Waals surface area (Å²) in [6, 6.07) is 8.76. The molecule has 0 saturated carbocycles. The number of nitriles is 1. The van der Waals surface area contributed by atoms with Crippen LogP contribution in [-0.2, 0) is 6.42 Å². The van der Waals surface area contributed by atoms with Gasteiger partial charge < -0.3 is 10.3 Å². The van der Waals surface area contributed by atoms with Gasteiger partial charge in [-0.25, -0.2) is 0 Å². The van der Waals surface area contributed by atoms with Crippen molar-refractivity contribution in [3.8, 4) is 6.07 Å². The van der Waals surface area contributed by atoms with Gasteiger partial charge in [-0.3, -0.25) is 0 Å². The molecule has 2 aromatic rings. The molecule has 1 aliphatic rings. The largest absolute Gasteiger partial charge is 0.360 e. The Bertz CT molecular complexity index is 585. The van der Waals surface area contributed by atoms with Crippen molar-refractivity contribution < 1.29 is 0 Å². The van der Waals surface area contributed by atoms with Crippen LogP contribution in [0.4, 0.5) is 0 Å². The Morgan fingerprint density at radius 3 is 3.06 bits per heavy atom. The molecule has 0 amide bonds. The van der Waals surface area contributed by atoms with Crippen molar-refractivity contribution in [2.45, 2.75) is 31.7 Å². The third-order valence-electron chi connectivity index (χ3n) is 3.80. The minimum Gasteiger partial charge on any atom is -0.360 e. The molecule has 2 heterocycles. The van der Waals surface area contributed by atoms with Gasteiger partial charge in [-0.1, -0.05) is 18.6 Å². The quantitative estimate of drug-likeness (QED) is 0.846. The molecular formula is C15H17N3. The molecule has 1 aromatic carbocycles. The lowest BCUT2D eigenvalue weighted by Crippen LogP contribution is -2.35. The van der Waals surface area contributed by atoms with Crippen LogP contribution in [0.3, 0.4) is 0 Å². The number of fused-ring (bicyclic) bond motifs is 1. The van der Waals surface area contributed by atoms with Gasteiger partial charge in [-0.05, 0) is 37.4 Å². The van der Waals surface area contributed by atoms with Crippen LogP contribution >= 0.6 is 0 Å². The first-order valence-electron chi connectivity index (χ1n) is 6.61. The van der Waals surface area contributed by atoms with Gasteiger partial charge in [0.05, 0.1) is 11.1 Å². The standard InChI is InChI=1S/C15H17N3/c16-9-11-4-3-6-14-12(10-18-15(11)14)8-13-5-1-2-7-17-13/h3-4,6,10,13,17-18H,1-2,5,7-8H2/t13-/m0/s1. The Morgan fingerprint density at radius 2 is 2.28 bits per heavy atom. The number of piperidine rings is 1. The van der Waals surface area contributed by atoms with Gasteiger partial charge >= 0.3 is 0 Å². The predicted molar refractivity (Wildman–Crippen MR) is 72.4 cm³/mol. The molecule has 3 nitrogen and oxygen atoms in total. The van der Waals surface area contributed by atoms with Crippen molar-refractivity contribution in [1.82, 2.24) is 10.3 Å². The molecule has 1 saturated heterocycles. The summed E-state index contributed by atoms with van der Waals surface area (Å²) >= 11 is 0. The molecule has 1 aliphatic heterocycles. The molecule has 92 valence electrons. The lowest BCUT2D eigenvalue weighted by molar-refractivity contribution is 0.400. The molecule has 0 aliphatic carbocycles. The predicted octanol–water partition coefficient (Wildman–Crippen LogP) is 2.72. The summed E-state index contributed by atoms with van der Waals surface area (Å²) in [7, 11) is 0. The van der Waals surface area contributed by atoms with Crippen molar-refractivity contribution >= 4 is 10.9 Å². The first-order chi connectivity index (χ1) is 8.88. The second-order valence-electron chi connectivity index (χ2n) is 5.00. The van der Waals surface area contributed by atoms with Gasteiger partial charge in [0.15, 0.2) is 0 Å². The highest BCUT2D eigenvalue weighted by atomic mass is 14.9. The van der Waals surface area contributed by atoms with Crippen LogP contribution in [0.25, 0.3) is 10.9 Å². The van der Waals surface area contributed by atoms with Gasteiger partial charge in [0.1, 0.15) is 6.07 Å². The van der Waals surface area contributed by atoms with Crippen molar-refractivity contribution in [3.05, 3.63) is 35.5 Å². The van der Waals surface area contributed by atoms with Gasteiger partial charge in [-0.15, -0.1) is 0 Å². The SMILES string of the molecule is N#Cc1cccc2c(C[C@@H]3CCCCN3)c[nH]c12. The maximum absolute atomic E-state index is 9.08. The van der Waals surface area contributed by atoms with Gasteiger partial charge in [0.25, 0.3) is 0 Å². The van der Waals surface area contributed by atoms with E-state index in [9.17, 15) is 0 Å². The normalized spacial score (nSPS) is 19.8. The first-order valence-corrected chi connectivity index (χ1v) is 6.61. The molecule has 0 radical (unpaired) electrons. The molecule has 2 N–H and O–H groups in total. The topological polar surface area (TPSA) is 51.6 Å². The lowest BCUT2D eigenvalue weighted by Gasteiger charge is -2.23. The van der Waals surface area contributed by atoms with E-state index < -0.39 is 0 Å². The molecular weight excluding hydrogens is 222 g/mol. The van der Waals surface area contributed by atoms with Gasteiger partial charge in [0.2, 0.25) is 0 Å². The Labute approximate surface area is 107 Å². The molecule has 3 rings (SSSR count). The Balaban J connectivity index is 1.91. The Morgan fingerprint density at radius 1 is 1.33 bits per heavy atom. The zero-order valence-electron chi connectivity index (χ0n) is 10.4. The smallest absolute Gasteiger partial charge is 0.101 e. The summed E-state index contributed by atoms with van der Waals surface area (Å²) in [4.78, 5) is 3.25. The summed E-state index contributed by atoms with van der Waals surface area (Å²) < 4.78 is 0. The third kappa shape index (κ3) is 2.00. The van der Waals surface area contributed by atoms with Crippen LogP contribution in [0.1, 0.15) is 30.4 Å². The molecule has 0 bridgehead atoms. The monoisotopic (exact) mass is 239 g/mol. The maximum atomic E-state index is 9.08. The Hall–Kier alpha value is -1.79. The highest BCUT2D eigenvalue weighted by Crippen LogP contribution is 2.23. The number of H-pyrrole nitrogens is 1.